The average Bonchev–Trinajstić information content (AvgIpc) is 3.10. The van der Waals surface area contributed by atoms with Crippen LogP contribution in [0.4, 0.5) is 4.79 Å². The lowest BCUT2D eigenvalue weighted by molar-refractivity contribution is -0.131. The van der Waals surface area contributed by atoms with Crippen LogP contribution in [0.2, 0.25) is 0 Å². The van der Waals surface area contributed by atoms with Crippen molar-refractivity contribution in [2.24, 2.45) is 17.3 Å². The van der Waals surface area contributed by atoms with Crippen LogP contribution >= 0.6 is 0 Å². The summed E-state index contributed by atoms with van der Waals surface area (Å²) in [6.07, 6.45) is 5.75. The third-order valence-electron chi connectivity index (χ3n) is 7.90. The van der Waals surface area contributed by atoms with E-state index in [0.717, 1.165) is 51.6 Å². The smallest absolute Gasteiger partial charge is 0.407 e. The number of carbonyl (C=O) groups excluding carboxylic acids is 1. The van der Waals surface area contributed by atoms with E-state index in [0.29, 0.717) is 37.9 Å². The van der Waals surface area contributed by atoms with Gasteiger partial charge in [0.15, 0.2) is 0 Å². The summed E-state index contributed by atoms with van der Waals surface area (Å²) < 4.78 is 23.4. The van der Waals surface area contributed by atoms with Gasteiger partial charge in [0, 0.05) is 34.7 Å². The van der Waals surface area contributed by atoms with Crippen LogP contribution in [0, 0.1) is 17.3 Å². The van der Waals surface area contributed by atoms with Crippen molar-refractivity contribution < 1.29 is 18.8 Å². The van der Waals surface area contributed by atoms with Crippen LogP contribution in [0.1, 0.15) is 69.3 Å². The van der Waals surface area contributed by atoms with E-state index in [1.54, 1.807) is 4.90 Å². The van der Waals surface area contributed by atoms with Crippen molar-refractivity contribution in [3.05, 3.63) is 0 Å². The summed E-state index contributed by atoms with van der Waals surface area (Å²) in [5, 5.41) is 12.2. The van der Waals surface area contributed by atoms with Gasteiger partial charge in [0.25, 0.3) is 0 Å². The maximum Gasteiger partial charge on any atom is 0.407 e. The molecule has 0 aromatic heterocycles. The molecule has 2 heterocycles. The highest BCUT2D eigenvalue weighted by Gasteiger charge is 2.58. The van der Waals surface area contributed by atoms with Gasteiger partial charge < -0.3 is 20.2 Å². The highest BCUT2D eigenvalue weighted by Crippen LogP contribution is 2.56. The molecule has 0 bridgehead atoms. The Morgan fingerprint density at radius 2 is 1.96 bits per heavy atom. The Morgan fingerprint density at radius 3 is 2.48 bits per heavy atom. The first-order valence-electron chi connectivity index (χ1n) is 12.1. The van der Waals surface area contributed by atoms with Crippen LogP contribution in [-0.4, -0.2) is 64.7 Å². The van der Waals surface area contributed by atoms with E-state index in [2.05, 4.69) is 17.1 Å². The zero-order chi connectivity index (χ0) is 21.7. The number of carboxylic acid groups (broad SMARTS) is 1. The van der Waals surface area contributed by atoms with Gasteiger partial charge in [0.05, 0.1) is 0 Å². The summed E-state index contributed by atoms with van der Waals surface area (Å²) in [6, 6.07) is 0.480. The second-order valence-electron chi connectivity index (χ2n) is 9.34. The Labute approximate surface area is 166 Å². The predicted octanol–water partition coefficient (Wildman–Crippen LogP) is 2.93. The summed E-state index contributed by atoms with van der Waals surface area (Å²) in [5.74, 6) is 0.320. The van der Waals surface area contributed by atoms with Gasteiger partial charge in [0.2, 0.25) is 5.91 Å². The molecule has 4 fully saturated rings. The van der Waals surface area contributed by atoms with Crippen molar-refractivity contribution in [2.45, 2.75) is 76.7 Å². The lowest BCUT2D eigenvalue weighted by Gasteiger charge is -2.58. The molecule has 6 heteroatoms. The van der Waals surface area contributed by atoms with Crippen molar-refractivity contribution in [3.63, 3.8) is 0 Å². The predicted molar refractivity (Wildman–Crippen MR) is 104 cm³/mol. The van der Waals surface area contributed by atoms with E-state index in [1.807, 2.05) is 0 Å². The Balaban J connectivity index is 1.30. The summed E-state index contributed by atoms with van der Waals surface area (Å²) >= 11 is 0. The van der Waals surface area contributed by atoms with Crippen molar-refractivity contribution in [2.75, 3.05) is 26.2 Å². The molecule has 0 radical (unpaired) electrons. The van der Waals surface area contributed by atoms with Gasteiger partial charge in [0.1, 0.15) is 0 Å². The summed E-state index contributed by atoms with van der Waals surface area (Å²) in [7, 11) is 0. The molecule has 4 rings (SSSR count). The van der Waals surface area contributed by atoms with E-state index in [1.165, 1.54) is 0 Å². The van der Waals surface area contributed by atoms with Gasteiger partial charge in [-0.15, -0.1) is 0 Å². The van der Waals surface area contributed by atoms with Gasteiger partial charge in [-0.1, -0.05) is 13.3 Å². The Morgan fingerprint density at radius 1 is 1.22 bits per heavy atom. The molecule has 2 saturated heterocycles. The number of likely N-dealkylation sites (tertiary alicyclic amines) is 2. The monoisotopic (exact) mass is 380 g/mol. The highest BCUT2D eigenvalue weighted by molar-refractivity contribution is 5.79. The Hall–Kier alpha value is -1.30. The fourth-order valence-electron chi connectivity index (χ4n) is 6.06. The number of piperidine rings is 1. The summed E-state index contributed by atoms with van der Waals surface area (Å²) in [4.78, 5) is 28.2. The van der Waals surface area contributed by atoms with Crippen molar-refractivity contribution >= 4 is 12.0 Å². The number of rotatable bonds is 4. The molecule has 2 aliphatic carbocycles. The first-order valence-corrected chi connectivity index (χ1v) is 10.6. The molecule has 2 saturated carbocycles. The van der Waals surface area contributed by atoms with Crippen molar-refractivity contribution in [1.29, 1.82) is 0 Å². The van der Waals surface area contributed by atoms with Crippen LogP contribution in [0.15, 0.2) is 0 Å². The molecule has 152 valence electrons. The average molecular weight is 381 g/mol. The zero-order valence-corrected chi connectivity index (χ0v) is 16.4. The Bertz CT molecular complexity index is 689. The van der Waals surface area contributed by atoms with Gasteiger partial charge in [-0.25, -0.2) is 4.79 Å². The lowest BCUT2D eigenvalue weighted by atomic mass is 9.54. The fraction of sp³-hybridized carbons (Fsp3) is 0.905. The molecule has 1 spiro atoms. The maximum atomic E-state index is 12.8. The molecule has 27 heavy (non-hydrogen) atoms. The molecule has 2 N–H and O–H groups in total. The molecule has 4 aliphatic rings. The molecular weight excluding hydrogens is 342 g/mol. The van der Waals surface area contributed by atoms with Crippen molar-refractivity contribution in [1.82, 2.24) is 15.1 Å². The molecule has 0 aromatic carbocycles. The van der Waals surface area contributed by atoms with E-state index in [4.69, 9.17) is 4.11 Å². The number of carbonyl (C=O) groups is 2. The summed E-state index contributed by atoms with van der Waals surface area (Å²) in [5.41, 5.74) is -0.865. The van der Waals surface area contributed by atoms with Gasteiger partial charge >= 0.3 is 6.09 Å². The van der Waals surface area contributed by atoms with Gasteiger partial charge in [-0.3, -0.25) is 4.79 Å². The topological polar surface area (TPSA) is 72.9 Å². The first kappa shape index (κ1) is 15.6. The van der Waals surface area contributed by atoms with E-state index < -0.39 is 18.5 Å². The van der Waals surface area contributed by atoms with Crippen molar-refractivity contribution in [3.8, 4) is 0 Å². The number of amides is 2. The van der Waals surface area contributed by atoms with Crippen LogP contribution in [-0.2, 0) is 4.79 Å². The van der Waals surface area contributed by atoms with Crippen LogP contribution in [0.5, 0.6) is 0 Å². The minimum Gasteiger partial charge on any atom is -0.465 e. The molecule has 2 amide bonds. The number of hydrogen-bond acceptors (Lipinski definition) is 3. The van der Waals surface area contributed by atoms with Crippen LogP contribution < -0.4 is 5.32 Å². The first-order chi connectivity index (χ1) is 14.1. The molecule has 3 atom stereocenters. The number of hydrogen-bond donors (Lipinski definition) is 2. The van der Waals surface area contributed by atoms with Gasteiger partial charge in [-0.05, 0) is 76.2 Å². The van der Waals surface area contributed by atoms with Crippen LogP contribution in [0.25, 0.3) is 0 Å². The Kier molecular flexibility index (Phi) is 4.01. The number of nitrogens with one attached hydrogen (secondary N) is 1. The largest absolute Gasteiger partial charge is 0.465 e. The third kappa shape index (κ3) is 3.34. The molecule has 2 aliphatic heterocycles. The molecule has 0 aromatic rings. The van der Waals surface area contributed by atoms with Crippen LogP contribution in [0.3, 0.4) is 0 Å². The fourth-order valence-corrected chi connectivity index (χ4v) is 6.06. The molecule has 2 unspecified atom stereocenters. The standard InChI is InChI=1S/C21H35N3O3/c1-3-16-17(13-21(16)9-12-24(14-21)19(26)27)23-10-5-15(6-11-23)18(25)22-20(2)7-4-8-20/h15-17H,3-14H2,1-2H3,(H,22,25)(H,26,27)/t16?,17?,21-/m0/s1/i2D3. The lowest BCUT2D eigenvalue weighted by Crippen LogP contribution is -2.62. The molecule has 6 nitrogen and oxygen atoms in total. The zero-order valence-electron chi connectivity index (χ0n) is 19.4. The number of nitrogens with zero attached hydrogens (tertiary/aromatic N) is 2. The third-order valence-corrected chi connectivity index (χ3v) is 7.90. The second-order valence-corrected chi connectivity index (χ2v) is 9.34. The maximum absolute atomic E-state index is 12.8. The molecular formula is C21H35N3O3. The minimum atomic E-state index is -2.14. The summed E-state index contributed by atoms with van der Waals surface area (Å²) in [6.45, 7) is 3.09. The van der Waals surface area contributed by atoms with E-state index >= 15 is 0 Å². The minimum absolute atomic E-state index is 0.0875. The van der Waals surface area contributed by atoms with E-state index in [-0.39, 0.29) is 17.2 Å². The second kappa shape index (κ2) is 6.94. The normalized spacial score (nSPS) is 38.4. The SMILES string of the molecule is [2H]C([2H])([2H])C1(NC(=O)C2CCN(C3C[C@]4(CCN(C(=O)O)C4)C3CC)CC2)CCC1. The highest BCUT2D eigenvalue weighted by atomic mass is 16.4. The quantitative estimate of drug-likeness (QED) is 0.786. The van der Waals surface area contributed by atoms with E-state index in [9.17, 15) is 14.7 Å². The van der Waals surface area contributed by atoms with Gasteiger partial charge in [-0.2, -0.15) is 0 Å².